The van der Waals surface area contributed by atoms with Gasteiger partial charge in [-0.15, -0.1) is 0 Å². The maximum Gasteiger partial charge on any atom is 0.255 e. The molecule has 7 heteroatoms. The summed E-state index contributed by atoms with van der Waals surface area (Å²) in [5.74, 6) is 0.265. The van der Waals surface area contributed by atoms with Gasteiger partial charge in [-0.05, 0) is 13.0 Å². The molecule has 106 valence electrons. The molecule has 0 saturated carbocycles. The lowest BCUT2D eigenvalue weighted by atomic mass is 10.2. The Morgan fingerprint density at radius 1 is 1.45 bits per heavy atom. The highest BCUT2D eigenvalue weighted by Gasteiger charge is 2.13. The summed E-state index contributed by atoms with van der Waals surface area (Å²) in [7, 11) is 0. The van der Waals surface area contributed by atoms with Crippen LogP contribution in [0.15, 0.2) is 24.7 Å². The summed E-state index contributed by atoms with van der Waals surface area (Å²) in [4.78, 5) is 22.9. The average molecular weight is 277 g/mol. The molecule has 20 heavy (non-hydrogen) atoms. The Balaban J connectivity index is 1.99. The van der Waals surface area contributed by atoms with E-state index < -0.39 is 5.82 Å². The van der Waals surface area contributed by atoms with E-state index in [-0.39, 0.29) is 11.5 Å². The molecule has 0 aliphatic rings. The number of nitrogens with zero attached hydrogens (tertiary/aromatic N) is 2. The molecule has 6 nitrogen and oxygen atoms in total. The minimum Gasteiger partial charge on any atom is -0.370 e. The number of rotatable bonds is 6. The third kappa shape index (κ3) is 3.53. The highest BCUT2D eigenvalue weighted by molar-refractivity contribution is 5.98. The lowest BCUT2D eigenvalue weighted by Gasteiger charge is -2.09. The zero-order valence-corrected chi connectivity index (χ0v) is 11.1. The Bertz CT molecular complexity index is 570. The predicted molar refractivity (Wildman–Crippen MR) is 73.0 cm³/mol. The SMILES string of the molecule is CCNc1ncc(F)cc1C(=O)NCCc1ncc[nH]1. The van der Waals surface area contributed by atoms with Crippen LogP contribution in [0, 0.1) is 5.82 Å². The van der Waals surface area contributed by atoms with Gasteiger partial charge in [0.25, 0.3) is 5.91 Å². The molecule has 0 saturated heterocycles. The lowest BCUT2D eigenvalue weighted by molar-refractivity contribution is 0.0954. The predicted octanol–water partition coefficient (Wildman–Crippen LogP) is 1.35. The number of H-pyrrole nitrogens is 1. The number of amides is 1. The first-order chi connectivity index (χ1) is 9.70. The van der Waals surface area contributed by atoms with Gasteiger partial charge in [-0.25, -0.2) is 14.4 Å². The van der Waals surface area contributed by atoms with E-state index in [1.54, 1.807) is 12.4 Å². The van der Waals surface area contributed by atoms with Gasteiger partial charge in [0.1, 0.15) is 17.5 Å². The van der Waals surface area contributed by atoms with Crippen LogP contribution < -0.4 is 10.6 Å². The van der Waals surface area contributed by atoms with Crippen LogP contribution in [-0.4, -0.2) is 33.9 Å². The summed E-state index contributed by atoms with van der Waals surface area (Å²) in [5.41, 5.74) is 0.200. The first-order valence-electron chi connectivity index (χ1n) is 6.36. The fourth-order valence-corrected chi connectivity index (χ4v) is 1.75. The van der Waals surface area contributed by atoms with Crippen molar-refractivity contribution in [2.45, 2.75) is 13.3 Å². The number of hydrogen-bond acceptors (Lipinski definition) is 4. The van der Waals surface area contributed by atoms with Crippen molar-refractivity contribution in [2.24, 2.45) is 0 Å². The number of pyridine rings is 1. The number of carbonyl (C=O) groups is 1. The number of anilines is 1. The number of carbonyl (C=O) groups excluding carboxylic acids is 1. The average Bonchev–Trinajstić information content (AvgIpc) is 2.94. The molecule has 2 rings (SSSR count). The maximum absolute atomic E-state index is 13.2. The molecular weight excluding hydrogens is 261 g/mol. The van der Waals surface area contributed by atoms with Crippen molar-refractivity contribution in [3.8, 4) is 0 Å². The van der Waals surface area contributed by atoms with Crippen molar-refractivity contribution in [3.63, 3.8) is 0 Å². The van der Waals surface area contributed by atoms with E-state index in [1.807, 2.05) is 6.92 Å². The topological polar surface area (TPSA) is 82.7 Å². The Morgan fingerprint density at radius 3 is 3.00 bits per heavy atom. The van der Waals surface area contributed by atoms with Crippen LogP contribution in [0.2, 0.25) is 0 Å². The highest BCUT2D eigenvalue weighted by atomic mass is 19.1. The molecule has 0 atom stereocenters. The Morgan fingerprint density at radius 2 is 2.30 bits per heavy atom. The third-order valence-corrected chi connectivity index (χ3v) is 2.65. The van der Waals surface area contributed by atoms with E-state index in [1.165, 1.54) is 6.07 Å². The van der Waals surface area contributed by atoms with E-state index in [0.29, 0.717) is 25.3 Å². The van der Waals surface area contributed by atoms with E-state index >= 15 is 0 Å². The number of aromatic nitrogens is 3. The summed E-state index contributed by atoms with van der Waals surface area (Å²) < 4.78 is 13.2. The summed E-state index contributed by atoms with van der Waals surface area (Å²) in [6.45, 7) is 2.89. The molecule has 0 aliphatic heterocycles. The van der Waals surface area contributed by atoms with Gasteiger partial charge >= 0.3 is 0 Å². The zero-order valence-electron chi connectivity index (χ0n) is 11.1. The Labute approximate surface area is 115 Å². The van der Waals surface area contributed by atoms with E-state index in [4.69, 9.17) is 0 Å². The van der Waals surface area contributed by atoms with Gasteiger partial charge in [-0.3, -0.25) is 4.79 Å². The van der Waals surface area contributed by atoms with Crippen LogP contribution in [0.4, 0.5) is 10.2 Å². The van der Waals surface area contributed by atoms with Gasteiger partial charge in [-0.2, -0.15) is 0 Å². The van der Waals surface area contributed by atoms with Crippen LogP contribution in [0.3, 0.4) is 0 Å². The normalized spacial score (nSPS) is 10.3. The van der Waals surface area contributed by atoms with E-state index in [9.17, 15) is 9.18 Å². The van der Waals surface area contributed by atoms with Gasteiger partial charge in [-0.1, -0.05) is 0 Å². The maximum atomic E-state index is 13.2. The second kappa shape index (κ2) is 6.65. The summed E-state index contributed by atoms with van der Waals surface area (Å²) in [5, 5.41) is 5.65. The molecule has 1 amide bonds. The van der Waals surface area contributed by atoms with Gasteiger partial charge in [0.05, 0.1) is 11.8 Å². The molecule has 0 spiro atoms. The number of imidazole rings is 1. The molecule has 0 fully saturated rings. The van der Waals surface area contributed by atoms with Crippen molar-refractivity contribution in [1.29, 1.82) is 0 Å². The molecule has 0 bridgehead atoms. The van der Waals surface area contributed by atoms with E-state index in [0.717, 1.165) is 12.0 Å². The minimum atomic E-state index is -0.539. The molecule has 3 N–H and O–H groups in total. The number of hydrogen-bond donors (Lipinski definition) is 3. The van der Waals surface area contributed by atoms with Crippen LogP contribution in [0.25, 0.3) is 0 Å². The Kier molecular flexibility index (Phi) is 4.65. The molecule has 2 aromatic heterocycles. The molecule has 0 aliphatic carbocycles. The summed E-state index contributed by atoms with van der Waals surface area (Å²) in [6.07, 6.45) is 5.03. The molecular formula is C13H16FN5O. The van der Waals surface area contributed by atoms with E-state index in [2.05, 4.69) is 25.6 Å². The summed E-state index contributed by atoms with van der Waals surface area (Å²) in [6, 6.07) is 1.17. The third-order valence-electron chi connectivity index (χ3n) is 2.65. The lowest BCUT2D eigenvalue weighted by Crippen LogP contribution is -2.27. The van der Waals surface area contributed by atoms with Crippen molar-refractivity contribution >= 4 is 11.7 Å². The number of halogens is 1. The van der Waals surface area contributed by atoms with Crippen molar-refractivity contribution < 1.29 is 9.18 Å². The monoisotopic (exact) mass is 277 g/mol. The van der Waals surface area contributed by atoms with Crippen molar-refractivity contribution in [2.75, 3.05) is 18.4 Å². The van der Waals surface area contributed by atoms with Crippen LogP contribution in [0.1, 0.15) is 23.1 Å². The number of nitrogens with one attached hydrogen (secondary N) is 3. The summed E-state index contributed by atoms with van der Waals surface area (Å²) >= 11 is 0. The smallest absolute Gasteiger partial charge is 0.255 e. The quantitative estimate of drug-likeness (QED) is 0.744. The van der Waals surface area contributed by atoms with Gasteiger partial charge in [0.15, 0.2) is 0 Å². The van der Waals surface area contributed by atoms with Crippen LogP contribution in [-0.2, 0) is 6.42 Å². The van der Waals surface area contributed by atoms with Gasteiger partial charge in [0, 0.05) is 31.9 Å². The minimum absolute atomic E-state index is 0.200. The standard InChI is InChI=1S/C13H16FN5O/c1-2-15-12-10(7-9(14)8-19-12)13(20)18-4-3-11-16-5-6-17-11/h5-8H,2-4H2,1H3,(H,15,19)(H,16,17)(H,18,20). The fourth-order valence-electron chi connectivity index (χ4n) is 1.75. The molecule has 0 unspecified atom stereocenters. The highest BCUT2D eigenvalue weighted by Crippen LogP contribution is 2.13. The largest absolute Gasteiger partial charge is 0.370 e. The first kappa shape index (κ1) is 14.0. The zero-order chi connectivity index (χ0) is 14.4. The van der Waals surface area contributed by atoms with Gasteiger partial charge < -0.3 is 15.6 Å². The van der Waals surface area contributed by atoms with Crippen LogP contribution >= 0.6 is 0 Å². The fraction of sp³-hybridized carbons (Fsp3) is 0.308. The molecule has 2 heterocycles. The number of aromatic amines is 1. The second-order valence-electron chi connectivity index (χ2n) is 4.12. The van der Waals surface area contributed by atoms with Gasteiger partial charge in [0.2, 0.25) is 0 Å². The first-order valence-corrected chi connectivity index (χ1v) is 6.36. The molecule has 0 radical (unpaired) electrons. The Hall–Kier alpha value is -2.44. The van der Waals surface area contributed by atoms with Crippen molar-refractivity contribution in [1.82, 2.24) is 20.3 Å². The molecule has 2 aromatic rings. The molecule has 0 aromatic carbocycles. The van der Waals surface area contributed by atoms with Crippen molar-refractivity contribution in [3.05, 3.63) is 41.9 Å². The second-order valence-corrected chi connectivity index (χ2v) is 4.12. The van der Waals surface area contributed by atoms with Crippen LogP contribution in [0.5, 0.6) is 0 Å².